The topological polar surface area (TPSA) is 162 Å². The fraction of sp³-hybridized carbons (Fsp3) is 0.429. The van der Waals surface area contributed by atoms with Crippen molar-refractivity contribution in [1.29, 1.82) is 0 Å². The van der Waals surface area contributed by atoms with Crippen molar-refractivity contribution >= 4 is 88.2 Å². The average molecular weight is 821 g/mol. The number of nitrogens with one attached hydrogen (secondary N) is 2. The van der Waals surface area contributed by atoms with Gasteiger partial charge in [0.15, 0.2) is 12.6 Å². The molecule has 2 N–H and O–H groups in total. The van der Waals surface area contributed by atoms with Gasteiger partial charge in [-0.2, -0.15) is 12.1 Å². The van der Waals surface area contributed by atoms with Gasteiger partial charge in [0.2, 0.25) is 0 Å². The summed E-state index contributed by atoms with van der Waals surface area (Å²) in [6.45, 7) is 0. The number of carboxylic acid groups (broad SMARTS) is 2. The SMILES string of the molecule is O=C/C(Br)=C(/Br)C(=O)[O-].O=C/C(Br)=C(/Br)C(=O)[O-].[NH-]C1CCCCC1[NH-].[Pt+4]. The number of carbonyl (C=O) groups excluding carboxylic acids is 4. The molecule has 1 rings (SSSR count). The van der Waals surface area contributed by atoms with Crippen LogP contribution in [0.1, 0.15) is 25.7 Å². The number of allylic oxidation sites excluding steroid dienone is 2. The maximum Gasteiger partial charge on any atom is 4.00 e. The number of hydrogen-bond acceptors (Lipinski definition) is 6. The smallest absolute Gasteiger partial charge is 0.676 e. The van der Waals surface area contributed by atoms with Crippen molar-refractivity contribution in [3.05, 3.63) is 29.4 Å². The Labute approximate surface area is 204 Å². The van der Waals surface area contributed by atoms with E-state index in [0.717, 1.165) is 12.8 Å². The number of hydrogen-bond donors (Lipinski definition) is 0. The Kier molecular flexibility index (Phi) is 21.7. The first-order valence-electron chi connectivity index (χ1n) is 6.85. The van der Waals surface area contributed by atoms with Crippen LogP contribution >= 0.6 is 63.7 Å². The van der Waals surface area contributed by atoms with Crippen LogP contribution in [0, 0.1) is 0 Å². The minimum Gasteiger partial charge on any atom is -0.676 e. The van der Waals surface area contributed by atoms with Crippen LogP contribution in [0.2, 0.25) is 0 Å². The largest absolute Gasteiger partial charge is 4.00 e. The molecule has 0 aromatic heterocycles. The zero-order valence-corrected chi connectivity index (χ0v) is 22.0. The minimum atomic E-state index is -1.42. The molecule has 27 heavy (non-hydrogen) atoms. The maximum atomic E-state index is 9.89. The second-order valence-corrected chi connectivity index (χ2v) is 7.93. The van der Waals surface area contributed by atoms with Gasteiger partial charge in [0, 0.05) is 0 Å². The van der Waals surface area contributed by atoms with Gasteiger partial charge >= 0.3 is 21.1 Å². The summed E-state index contributed by atoms with van der Waals surface area (Å²) in [4.78, 5) is 39.4. The number of aliphatic carboxylic acids is 2. The van der Waals surface area contributed by atoms with E-state index >= 15 is 0 Å². The Bertz CT molecular complexity index is 536. The van der Waals surface area contributed by atoms with Crippen LogP contribution in [-0.4, -0.2) is 36.6 Å². The summed E-state index contributed by atoms with van der Waals surface area (Å²) in [6, 6.07) is -0.160. The molecule has 0 radical (unpaired) electrons. The fourth-order valence-corrected chi connectivity index (χ4v) is 1.94. The molecular formula is C14H14Br4N2O6Pt. The monoisotopic (exact) mass is 817 g/mol. The summed E-state index contributed by atoms with van der Waals surface area (Å²) in [7, 11) is 0. The van der Waals surface area contributed by atoms with E-state index in [1.165, 1.54) is 12.8 Å². The van der Waals surface area contributed by atoms with E-state index in [2.05, 4.69) is 63.7 Å². The molecule has 0 aromatic rings. The van der Waals surface area contributed by atoms with Gasteiger partial charge in [-0.25, -0.2) is 0 Å². The molecule has 2 atom stereocenters. The maximum absolute atomic E-state index is 9.89. The predicted octanol–water partition coefficient (Wildman–Crippen LogP) is 2.27. The summed E-state index contributed by atoms with van der Waals surface area (Å²) in [5, 5.41) is 19.8. The molecule has 0 amide bonds. The van der Waals surface area contributed by atoms with Gasteiger partial charge in [-0.05, 0) is 63.7 Å². The van der Waals surface area contributed by atoms with Gasteiger partial charge in [0.05, 0.1) is 29.9 Å². The molecule has 0 bridgehead atoms. The van der Waals surface area contributed by atoms with Crippen molar-refractivity contribution in [2.45, 2.75) is 37.8 Å². The van der Waals surface area contributed by atoms with Gasteiger partial charge < -0.3 is 31.3 Å². The average Bonchev–Trinajstić information content (AvgIpc) is 2.62. The molecule has 0 aliphatic heterocycles. The van der Waals surface area contributed by atoms with Gasteiger partial charge in [-0.3, -0.25) is 9.59 Å². The first-order chi connectivity index (χ1) is 12.0. The molecule has 0 spiro atoms. The van der Waals surface area contributed by atoms with Crippen molar-refractivity contribution in [3.63, 3.8) is 0 Å². The second-order valence-electron chi connectivity index (χ2n) is 4.63. The predicted molar refractivity (Wildman–Crippen MR) is 107 cm³/mol. The van der Waals surface area contributed by atoms with E-state index in [1.807, 2.05) is 0 Å². The molecule has 2 unspecified atom stereocenters. The van der Waals surface area contributed by atoms with E-state index in [1.54, 1.807) is 0 Å². The summed E-state index contributed by atoms with van der Waals surface area (Å²) >= 11 is 10.6. The quantitative estimate of drug-likeness (QED) is 0.313. The molecule has 1 saturated carbocycles. The number of halogens is 4. The molecule has 8 nitrogen and oxygen atoms in total. The Morgan fingerprint density at radius 3 is 1.15 bits per heavy atom. The summed E-state index contributed by atoms with van der Waals surface area (Å²) in [6.07, 6.45) is 4.97. The second kappa shape index (κ2) is 18.3. The van der Waals surface area contributed by atoms with Crippen LogP contribution < -0.4 is 10.2 Å². The van der Waals surface area contributed by atoms with Crippen LogP contribution in [0.3, 0.4) is 0 Å². The van der Waals surface area contributed by atoms with Crippen molar-refractivity contribution in [2.75, 3.05) is 0 Å². The minimum absolute atomic E-state index is 0. The molecule has 154 valence electrons. The zero-order valence-electron chi connectivity index (χ0n) is 13.4. The van der Waals surface area contributed by atoms with E-state index in [4.69, 9.17) is 11.5 Å². The third-order valence-electron chi connectivity index (χ3n) is 2.75. The van der Waals surface area contributed by atoms with Gasteiger partial charge in [0.25, 0.3) is 0 Å². The molecular weight excluding hydrogens is 807 g/mol. The number of carboxylic acids is 2. The van der Waals surface area contributed by atoms with Crippen LogP contribution in [0.15, 0.2) is 17.9 Å². The van der Waals surface area contributed by atoms with E-state index in [9.17, 15) is 29.4 Å². The van der Waals surface area contributed by atoms with Gasteiger partial charge in [-0.1, -0.05) is 25.7 Å². The Hall–Kier alpha value is 0.288. The third-order valence-corrected chi connectivity index (χ3v) is 6.48. The summed E-state index contributed by atoms with van der Waals surface area (Å²) < 4.78 is -0.694. The molecule has 1 aliphatic rings. The fourth-order valence-electron chi connectivity index (χ4n) is 1.43. The molecule has 1 aliphatic carbocycles. The van der Waals surface area contributed by atoms with E-state index < -0.39 is 11.9 Å². The number of carbonyl (C=O) groups is 4. The van der Waals surface area contributed by atoms with Crippen molar-refractivity contribution in [2.24, 2.45) is 0 Å². The Balaban J connectivity index is -0.000000314. The molecule has 0 saturated heterocycles. The van der Waals surface area contributed by atoms with Gasteiger partial charge in [-0.15, -0.1) is 0 Å². The van der Waals surface area contributed by atoms with Crippen LogP contribution in [-0.2, 0) is 40.2 Å². The van der Waals surface area contributed by atoms with E-state index in [0.29, 0.717) is 12.6 Å². The summed E-state index contributed by atoms with van der Waals surface area (Å²) in [5.41, 5.74) is 14.6. The number of aldehydes is 2. The van der Waals surface area contributed by atoms with Gasteiger partial charge in [0.1, 0.15) is 0 Å². The normalized spacial score (nSPS) is 19.9. The molecule has 0 aromatic carbocycles. The van der Waals surface area contributed by atoms with Crippen LogP contribution in [0.25, 0.3) is 11.5 Å². The zero-order chi connectivity index (χ0) is 20.9. The third kappa shape index (κ3) is 15.8. The summed E-state index contributed by atoms with van der Waals surface area (Å²) in [5.74, 6) is -2.84. The van der Waals surface area contributed by atoms with E-state index in [-0.39, 0.29) is 51.1 Å². The molecule has 0 heterocycles. The first-order valence-corrected chi connectivity index (χ1v) is 10.0. The van der Waals surface area contributed by atoms with Crippen LogP contribution in [0.4, 0.5) is 0 Å². The standard InChI is InChI=1S/C6H12N2.2C4H2Br2O3.Pt/c7-5-3-1-2-4-6(5)8;2*5-2(1-7)3(6)4(8)9;/h5-8H,1-4H2;2*1H,(H,8,9);/q-2;;;+4/p-2/b;2*3-2-;. The number of rotatable bonds is 4. The van der Waals surface area contributed by atoms with Crippen molar-refractivity contribution in [3.8, 4) is 0 Å². The molecule has 13 heteroatoms. The van der Waals surface area contributed by atoms with Crippen LogP contribution in [0.5, 0.6) is 0 Å². The Morgan fingerprint density at radius 2 is 1.04 bits per heavy atom. The first kappa shape index (κ1) is 32.0. The Morgan fingerprint density at radius 1 is 0.778 bits per heavy atom. The van der Waals surface area contributed by atoms with Crippen molar-refractivity contribution < 1.29 is 50.5 Å². The molecule has 1 fully saturated rings. The van der Waals surface area contributed by atoms with Crippen molar-refractivity contribution in [1.82, 2.24) is 0 Å².